The Kier molecular flexibility index (Phi) is 3.20. The van der Waals surface area contributed by atoms with Crippen molar-refractivity contribution in [2.75, 3.05) is 0 Å². The minimum Gasteiger partial charge on any atom is -0.228 e. The predicted octanol–water partition coefficient (Wildman–Crippen LogP) is 6.76. The zero-order valence-corrected chi connectivity index (χ0v) is 15.1. The Bertz CT molecular complexity index is 1500. The monoisotopic (exact) mass is 356 g/mol. The van der Waals surface area contributed by atoms with Crippen LogP contribution in [0.5, 0.6) is 0 Å². The molecule has 0 spiro atoms. The average Bonchev–Trinajstić information content (AvgIpc) is 2.76. The van der Waals surface area contributed by atoms with Crippen LogP contribution in [0.25, 0.3) is 54.7 Å². The lowest BCUT2D eigenvalue weighted by molar-refractivity contribution is 1.38. The minimum absolute atomic E-state index is 0.793. The van der Waals surface area contributed by atoms with Gasteiger partial charge in [-0.15, -0.1) is 0 Å². The van der Waals surface area contributed by atoms with E-state index in [-0.39, 0.29) is 0 Å². The van der Waals surface area contributed by atoms with Crippen LogP contribution in [0, 0.1) is 0 Å². The Morgan fingerprint density at radius 1 is 0.500 bits per heavy atom. The van der Waals surface area contributed by atoms with Gasteiger partial charge in [0, 0.05) is 27.1 Å². The van der Waals surface area contributed by atoms with Crippen molar-refractivity contribution in [2.45, 2.75) is 0 Å². The van der Waals surface area contributed by atoms with Gasteiger partial charge in [0.15, 0.2) is 5.65 Å². The summed E-state index contributed by atoms with van der Waals surface area (Å²) in [7, 11) is 0. The predicted molar refractivity (Wildman–Crippen MR) is 117 cm³/mol. The lowest BCUT2D eigenvalue weighted by Crippen LogP contribution is -1.93. The summed E-state index contributed by atoms with van der Waals surface area (Å²) in [6, 6.07) is 33.8. The second-order valence-corrected chi connectivity index (χ2v) is 7.09. The van der Waals surface area contributed by atoms with Crippen LogP contribution in [0.15, 0.2) is 97.1 Å². The van der Waals surface area contributed by atoms with Gasteiger partial charge < -0.3 is 0 Å². The zero-order chi connectivity index (χ0) is 18.5. The number of benzene rings is 4. The van der Waals surface area contributed by atoms with E-state index in [0.29, 0.717) is 0 Å². The SMILES string of the molecule is c1ccc(-c2c3cc4ccccc4nc3nc3c2ccc2ccccc23)cc1. The van der Waals surface area contributed by atoms with E-state index in [9.17, 15) is 0 Å². The fourth-order valence-corrected chi connectivity index (χ4v) is 4.12. The Balaban J connectivity index is 1.89. The summed E-state index contributed by atoms with van der Waals surface area (Å²) in [6.45, 7) is 0. The van der Waals surface area contributed by atoms with E-state index >= 15 is 0 Å². The molecule has 0 atom stereocenters. The van der Waals surface area contributed by atoms with Crippen molar-refractivity contribution >= 4 is 43.6 Å². The molecule has 0 radical (unpaired) electrons. The zero-order valence-electron chi connectivity index (χ0n) is 15.1. The van der Waals surface area contributed by atoms with Gasteiger partial charge in [0.1, 0.15) is 0 Å². The Labute approximate surface area is 162 Å². The topological polar surface area (TPSA) is 25.8 Å². The molecule has 0 aliphatic heterocycles. The summed E-state index contributed by atoms with van der Waals surface area (Å²) in [4.78, 5) is 9.94. The van der Waals surface area contributed by atoms with Crippen molar-refractivity contribution in [1.82, 2.24) is 9.97 Å². The molecule has 0 aliphatic rings. The van der Waals surface area contributed by atoms with E-state index in [2.05, 4.69) is 84.9 Å². The molecule has 0 saturated carbocycles. The molecule has 2 heterocycles. The van der Waals surface area contributed by atoms with E-state index in [1.54, 1.807) is 0 Å². The van der Waals surface area contributed by atoms with Crippen molar-refractivity contribution in [3.63, 3.8) is 0 Å². The number of nitrogens with zero attached hydrogens (tertiary/aromatic N) is 2. The Morgan fingerprint density at radius 3 is 2.14 bits per heavy atom. The van der Waals surface area contributed by atoms with Crippen LogP contribution in [0.1, 0.15) is 0 Å². The number of rotatable bonds is 1. The third-order valence-electron chi connectivity index (χ3n) is 5.42. The van der Waals surface area contributed by atoms with Gasteiger partial charge in [-0.05, 0) is 23.1 Å². The number of hydrogen-bond acceptors (Lipinski definition) is 2. The van der Waals surface area contributed by atoms with E-state index in [4.69, 9.17) is 9.97 Å². The molecule has 0 aliphatic carbocycles. The smallest absolute Gasteiger partial charge is 0.161 e. The molecule has 2 aromatic heterocycles. The van der Waals surface area contributed by atoms with E-state index < -0.39 is 0 Å². The van der Waals surface area contributed by atoms with Gasteiger partial charge in [-0.1, -0.05) is 84.9 Å². The Hall–Kier alpha value is -3.78. The quantitative estimate of drug-likeness (QED) is 0.240. The van der Waals surface area contributed by atoms with Crippen molar-refractivity contribution < 1.29 is 0 Å². The second-order valence-electron chi connectivity index (χ2n) is 7.09. The summed E-state index contributed by atoms with van der Waals surface area (Å²) in [5.74, 6) is 0. The molecule has 6 aromatic rings. The summed E-state index contributed by atoms with van der Waals surface area (Å²) in [6.07, 6.45) is 0. The molecule has 6 rings (SSSR count). The van der Waals surface area contributed by atoms with Gasteiger partial charge in [-0.3, -0.25) is 0 Å². The summed E-state index contributed by atoms with van der Waals surface area (Å²) in [5, 5.41) is 5.74. The van der Waals surface area contributed by atoms with Gasteiger partial charge >= 0.3 is 0 Å². The van der Waals surface area contributed by atoms with Crippen LogP contribution in [0.2, 0.25) is 0 Å². The van der Waals surface area contributed by atoms with Gasteiger partial charge in [-0.2, -0.15) is 0 Å². The molecular weight excluding hydrogens is 340 g/mol. The maximum atomic E-state index is 5.03. The van der Waals surface area contributed by atoms with Crippen LogP contribution in [-0.2, 0) is 0 Å². The third kappa shape index (κ3) is 2.21. The second kappa shape index (κ2) is 5.86. The first-order chi connectivity index (χ1) is 13.9. The first kappa shape index (κ1) is 15.3. The largest absolute Gasteiger partial charge is 0.228 e. The fourth-order valence-electron chi connectivity index (χ4n) is 4.12. The van der Waals surface area contributed by atoms with Gasteiger partial charge in [0.2, 0.25) is 0 Å². The van der Waals surface area contributed by atoms with Crippen molar-refractivity contribution in [3.05, 3.63) is 97.1 Å². The molecule has 2 nitrogen and oxygen atoms in total. The normalized spacial score (nSPS) is 11.6. The molecule has 130 valence electrons. The molecule has 2 heteroatoms. The highest BCUT2D eigenvalue weighted by Gasteiger charge is 2.14. The molecule has 0 fully saturated rings. The summed E-state index contributed by atoms with van der Waals surface area (Å²) < 4.78 is 0. The first-order valence-electron chi connectivity index (χ1n) is 9.45. The Morgan fingerprint density at radius 2 is 1.25 bits per heavy atom. The van der Waals surface area contributed by atoms with E-state index in [1.807, 2.05) is 12.1 Å². The molecule has 0 N–H and O–H groups in total. The molecular formula is C26H16N2. The van der Waals surface area contributed by atoms with Crippen LogP contribution in [0.3, 0.4) is 0 Å². The van der Waals surface area contributed by atoms with Crippen LogP contribution >= 0.6 is 0 Å². The molecule has 0 saturated heterocycles. The number of fused-ring (bicyclic) bond motifs is 5. The maximum Gasteiger partial charge on any atom is 0.161 e. The highest BCUT2D eigenvalue weighted by atomic mass is 14.8. The van der Waals surface area contributed by atoms with Crippen LogP contribution in [0.4, 0.5) is 0 Å². The molecule has 28 heavy (non-hydrogen) atoms. The fraction of sp³-hybridized carbons (Fsp3) is 0. The first-order valence-corrected chi connectivity index (χ1v) is 9.45. The van der Waals surface area contributed by atoms with Gasteiger partial charge in [0.05, 0.1) is 11.0 Å². The van der Waals surface area contributed by atoms with Crippen molar-refractivity contribution in [1.29, 1.82) is 0 Å². The number of para-hydroxylation sites is 1. The van der Waals surface area contributed by atoms with Gasteiger partial charge in [0.25, 0.3) is 0 Å². The lowest BCUT2D eigenvalue weighted by Gasteiger charge is -2.13. The minimum atomic E-state index is 0.793. The summed E-state index contributed by atoms with van der Waals surface area (Å²) >= 11 is 0. The van der Waals surface area contributed by atoms with Crippen LogP contribution < -0.4 is 0 Å². The summed E-state index contributed by atoms with van der Waals surface area (Å²) in [5.41, 5.74) is 5.16. The van der Waals surface area contributed by atoms with Crippen LogP contribution in [-0.4, -0.2) is 9.97 Å². The van der Waals surface area contributed by atoms with Crippen molar-refractivity contribution in [2.24, 2.45) is 0 Å². The van der Waals surface area contributed by atoms with Gasteiger partial charge in [-0.25, -0.2) is 9.97 Å². The highest BCUT2D eigenvalue weighted by Crippen LogP contribution is 2.37. The molecule has 0 bridgehead atoms. The molecule has 4 aromatic carbocycles. The standard InChI is InChI=1S/C26H16N2/c1-2-9-18(10-3-1)24-21-15-14-17-8-4-6-12-20(17)25(21)28-26-22(24)16-19-11-5-7-13-23(19)27-26/h1-16H. The van der Waals surface area contributed by atoms with E-state index in [0.717, 1.165) is 38.2 Å². The van der Waals surface area contributed by atoms with E-state index in [1.165, 1.54) is 16.5 Å². The molecule has 0 amide bonds. The average molecular weight is 356 g/mol. The molecule has 0 unspecified atom stereocenters. The third-order valence-corrected chi connectivity index (χ3v) is 5.42. The van der Waals surface area contributed by atoms with Crippen molar-refractivity contribution in [3.8, 4) is 11.1 Å². The number of aromatic nitrogens is 2. The number of pyridine rings is 2. The number of hydrogen-bond donors (Lipinski definition) is 0. The maximum absolute atomic E-state index is 5.03. The lowest BCUT2D eigenvalue weighted by atomic mass is 9.94. The highest BCUT2D eigenvalue weighted by molar-refractivity contribution is 6.17.